The van der Waals surface area contributed by atoms with E-state index in [-0.39, 0.29) is 0 Å². The Morgan fingerprint density at radius 1 is 2.00 bits per heavy atom. The van der Waals surface area contributed by atoms with Gasteiger partial charge in [-0.2, -0.15) is 4.51 Å². The summed E-state index contributed by atoms with van der Waals surface area (Å²) in [4.78, 5) is 0. The molecule has 0 saturated heterocycles. The zero-order chi connectivity index (χ0) is 3.70. The Balaban J connectivity index is 2.83. The van der Waals surface area contributed by atoms with Crippen molar-refractivity contribution < 1.29 is 0 Å². The summed E-state index contributed by atoms with van der Waals surface area (Å²) in [6.45, 7) is 0. The van der Waals surface area contributed by atoms with Crippen LogP contribution in [0.3, 0.4) is 0 Å². The molecule has 0 saturated carbocycles. The molecule has 0 aliphatic heterocycles. The molecule has 0 aliphatic carbocycles. The van der Waals surface area contributed by atoms with E-state index in [9.17, 15) is 0 Å². The van der Waals surface area contributed by atoms with Crippen LogP contribution in [0.1, 0.15) is 0 Å². The van der Waals surface area contributed by atoms with Crippen LogP contribution < -0.4 is 5.84 Å². The first kappa shape index (κ1) is 3.35. The summed E-state index contributed by atoms with van der Waals surface area (Å²) >= 11 is 0. The van der Waals surface area contributed by atoms with E-state index in [0.717, 1.165) is 8.51 Å². The fraction of sp³-hybridized carbons (Fsp3) is 0. The maximum absolute atomic E-state index is 5.12. The molecule has 1 atom stereocenters. The molecule has 0 amide bonds. The molecule has 5 heavy (non-hydrogen) atoms. The highest BCUT2D eigenvalue weighted by Crippen LogP contribution is 2.07. The molecular weight excluding hydrogens is 104 g/mol. The average molecular weight is 107 g/mol. The largest absolute Gasteiger partial charge is 0.235 e. The van der Waals surface area contributed by atoms with E-state index in [0.29, 0.717) is 8.51 Å². The Bertz CT molecular complexity index is 87.1. The third-order valence-corrected chi connectivity index (χ3v) is 1.94. The third kappa shape index (κ3) is 0.511. The summed E-state index contributed by atoms with van der Waals surface area (Å²) in [6.07, 6.45) is 0. The van der Waals surface area contributed by atoms with Crippen molar-refractivity contribution in [3.63, 3.8) is 0 Å². The molecule has 1 aromatic rings. The van der Waals surface area contributed by atoms with Crippen molar-refractivity contribution in [1.29, 1.82) is 0 Å². The van der Waals surface area contributed by atoms with Gasteiger partial charge < -0.3 is 0 Å². The standard InChI is InChI=1S/H3N3P2/c1-3-4-2-5-3/h4H,1H2. The van der Waals surface area contributed by atoms with Gasteiger partial charge in [-0.3, -0.25) is 0 Å². The SMILES string of the molecule is Nn1pn[pH]1. The maximum atomic E-state index is 5.12. The van der Waals surface area contributed by atoms with Crippen LogP contribution >= 0.6 is 17.0 Å². The summed E-state index contributed by atoms with van der Waals surface area (Å²) in [5, 5.41) is 0. The lowest BCUT2D eigenvalue weighted by Crippen LogP contribution is -2.00. The van der Waals surface area contributed by atoms with Gasteiger partial charge in [-0.15, -0.1) is 0 Å². The van der Waals surface area contributed by atoms with Crippen LogP contribution in [-0.2, 0) is 0 Å². The van der Waals surface area contributed by atoms with E-state index >= 15 is 0 Å². The number of nitrogens with zero attached hydrogens (tertiary/aromatic N) is 2. The molecule has 28 valence electrons. The Morgan fingerprint density at radius 3 is 2.40 bits per heavy atom. The topological polar surface area (TPSA) is 43.8 Å². The van der Waals surface area contributed by atoms with Gasteiger partial charge in [-0.25, -0.2) is 10.0 Å². The third-order valence-electron chi connectivity index (χ3n) is 0.288. The summed E-state index contributed by atoms with van der Waals surface area (Å²) in [7, 11) is 1.44. The van der Waals surface area contributed by atoms with Gasteiger partial charge in [0.05, 0.1) is 8.51 Å². The fourth-order valence-corrected chi connectivity index (χ4v) is 0.867. The van der Waals surface area contributed by atoms with E-state index < -0.39 is 0 Å². The smallest absolute Gasteiger partial charge is 0.157 e. The number of nitrogen functional groups attached to an aromatic ring is 1. The zero-order valence-corrected chi connectivity index (χ0v) is 4.31. The minimum atomic E-state index is 0.519. The normalized spacial score (nSPS) is 12.2. The molecule has 5 heteroatoms. The summed E-state index contributed by atoms with van der Waals surface area (Å²) < 4.78 is 5.44. The molecule has 0 aromatic carbocycles. The number of rotatable bonds is 0. The average Bonchev–Trinajstić information content (AvgIpc) is 1.30. The monoisotopic (exact) mass is 107 g/mol. The quantitative estimate of drug-likeness (QED) is 0.481. The highest BCUT2D eigenvalue weighted by Gasteiger charge is 1.73. The fourth-order valence-electron chi connectivity index (χ4n) is 0.0964. The van der Waals surface area contributed by atoms with Crippen molar-refractivity contribution >= 4 is 17.0 Å². The summed E-state index contributed by atoms with van der Waals surface area (Å²) in [6, 6.07) is 0. The highest BCUT2D eigenvalue weighted by atomic mass is 31.1. The molecule has 0 radical (unpaired) electrons. The van der Waals surface area contributed by atoms with E-state index in [1.54, 1.807) is 4.20 Å². The first-order chi connectivity index (χ1) is 2.39. The van der Waals surface area contributed by atoms with Crippen LogP contribution in [0.5, 0.6) is 0 Å². The summed E-state index contributed by atoms with van der Waals surface area (Å²) in [5.41, 5.74) is 0. The number of hydrogen-bond acceptors (Lipinski definition) is 2. The number of aromatic nitrogens is 2. The van der Waals surface area contributed by atoms with E-state index in [1.807, 2.05) is 0 Å². The predicted octanol–water partition coefficient (Wildman–Crippen LogP) is 0.208. The Kier molecular flexibility index (Phi) is 0.734. The Labute approximate surface area is 32.6 Å². The second-order valence-electron chi connectivity index (χ2n) is 0.634. The highest BCUT2D eigenvalue weighted by molar-refractivity contribution is 7.44. The Morgan fingerprint density at radius 2 is 2.40 bits per heavy atom. The van der Waals surface area contributed by atoms with E-state index in [4.69, 9.17) is 5.84 Å². The van der Waals surface area contributed by atoms with Crippen molar-refractivity contribution in [3.8, 4) is 0 Å². The van der Waals surface area contributed by atoms with Crippen LogP contribution in [0, 0.1) is 0 Å². The van der Waals surface area contributed by atoms with Crippen LogP contribution in [0.15, 0.2) is 0 Å². The number of nitrogens with two attached hydrogens (primary N) is 1. The lowest BCUT2D eigenvalue weighted by molar-refractivity contribution is 1.25. The van der Waals surface area contributed by atoms with Gasteiger partial charge in [-0.1, -0.05) is 0 Å². The predicted molar refractivity (Wildman–Crippen MR) is 24.4 cm³/mol. The molecule has 0 bridgehead atoms. The molecular formula is H3N3P2. The first-order valence-electron chi connectivity index (χ1n) is 1.11. The van der Waals surface area contributed by atoms with Gasteiger partial charge in [0, 0.05) is 0 Å². The van der Waals surface area contributed by atoms with Gasteiger partial charge >= 0.3 is 0 Å². The van der Waals surface area contributed by atoms with Gasteiger partial charge in [-0.05, 0) is 0 Å². The molecule has 0 aliphatic rings. The molecule has 0 fully saturated rings. The van der Waals surface area contributed by atoms with Crippen molar-refractivity contribution in [1.82, 2.24) is 8.71 Å². The van der Waals surface area contributed by atoms with Crippen LogP contribution in [0.2, 0.25) is 0 Å². The molecule has 1 heterocycles. The van der Waals surface area contributed by atoms with Crippen LogP contribution in [0.4, 0.5) is 0 Å². The van der Waals surface area contributed by atoms with Crippen molar-refractivity contribution in [2.24, 2.45) is 0 Å². The van der Waals surface area contributed by atoms with Gasteiger partial charge in [0.15, 0.2) is 8.51 Å². The molecule has 1 rings (SSSR count). The van der Waals surface area contributed by atoms with Crippen molar-refractivity contribution in [2.45, 2.75) is 0 Å². The minimum absolute atomic E-state index is 0.519. The van der Waals surface area contributed by atoms with E-state index in [1.165, 1.54) is 0 Å². The molecule has 2 N–H and O–H groups in total. The van der Waals surface area contributed by atoms with Gasteiger partial charge in [0.25, 0.3) is 0 Å². The maximum Gasteiger partial charge on any atom is 0.157 e. The second-order valence-corrected chi connectivity index (χ2v) is 3.10. The lowest BCUT2D eigenvalue weighted by atomic mass is 13.0. The first-order valence-corrected chi connectivity index (χ1v) is 2.80. The van der Waals surface area contributed by atoms with Crippen molar-refractivity contribution in [3.05, 3.63) is 0 Å². The lowest BCUT2D eigenvalue weighted by Gasteiger charge is -1.90. The van der Waals surface area contributed by atoms with Gasteiger partial charge in [0.1, 0.15) is 0 Å². The molecule has 0 spiro atoms. The second kappa shape index (κ2) is 1.09. The summed E-state index contributed by atoms with van der Waals surface area (Å²) in [5.74, 6) is 5.12. The zero-order valence-electron chi connectivity index (χ0n) is 2.42. The minimum Gasteiger partial charge on any atom is -0.235 e. The Hall–Kier alpha value is 0.160. The molecule has 3 nitrogen and oxygen atoms in total. The van der Waals surface area contributed by atoms with Gasteiger partial charge in [0.2, 0.25) is 0 Å². The van der Waals surface area contributed by atoms with Crippen LogP contribution in [-0.4, -0.2) is 8.71 Å². The number of hydrogen-bond donors (Lipinski definition) is 1. The van der Waals surface area contributed by atoms with Crippen molar-refractivity contribution in [2.75, 3.05) is 5.84 Å². The molecule has 1 aromatic heterocycles. The van der Waals surface area contributed by atoms with E-state index in [2.05, 4.69) is 4.51 Å². The molecule has 1 unspecified atom stereocenters. The van der Waals surface area contributed by atoms with Crippen LogP contribution in [0.25, 0.3) is 0 Å².